The van der Waals surface area contributed by atoms with Gasteiger partial charge in [0, 0.05) is 22.3 Å². The average Bonchev–Trinajstić information content (AvgIpc) is 3.40. The van der Waals surface area contributed by atoms with Gasteiger partial charge in [0.15, 0.2) is 0 Å². The molecule has 0 radical (unpaired) electrons. The molecular weight excluding hydrogens is 476 g/mol. The molecule has 5 saturated carbocycles. The Hall–Kier alpha value is -0.970. The van der Waals surface area contributed by atoms with Gasteiger partial charge < -0.3 is 9.84 Å². The van der Waals surface area contributed by atoms with Crippen molar-refractivity contribution in [1.82, 2.24) is 0 Å². The number of rotatable bonds is 6. The third-order valence-electron chi connectivity index (χ3n) is 13.1. The average molecular weight is 525 g/mol. The normalized spacial score (nSPS) is 46.8. The van der Waals surface area contributed by atoms with E-state index in [0.717, 1.165) is 28.2 Å². The molecule has 12 atom stereocenters. The molecule has 0 bridgehead atoms. The zero-order valence-electron chi connectivity index (χ0n) is 23.8. The van der Waals surface area contributed by atoms with Crippen LogP contribution in [0.3, 0.4) is 0 Å². The minimum absolute atomic E-state index is 0.0928. The summed E-state index contributed by atoms with van der Waals surface area (Å²) >= 11 is 0. The van der Waals surface area contributed by atoms with Crippen LogP contribution < -0.4 is 0 Å². The van der Waals surface area contributed by atoms with Gasteiger partial charge in [-0.1, -0.05) is 44.5 Å². The first-order valence-electron chi connectivity index (χ1n) is 15.0. The predicted molar refractivity (Wildman–Crippen MR) is 150 cm³/mol. The van der Waals surface area contributed by atoms with Crippen molar-refractivity contribution in [2.24, 2.45) is 51.8 Å². The van der Waals surface area contributed by atoms with Crippen LogP contribution in [0.5, 0.6) is 0 Å². The van der Waals surface area contributed by atoms with E-state index in [0.29, 0.717) is 33.7 Å². The summed E-state index contributed by atoms with van der Waals surface area (Å²) in [5.41, 5.74) is 2.32. The maximum Gasteiger partial charge on any atom is 0.0902 e. The Morgan fingerprint density at radius 2 is 1.84 bits per heavy atom. The monoisotopic (exact) mass is 524 g/mol. The van der Waals surface area contributed by atoms with Crippen molar-refractivity contribution in [3.63, 3.8) is 0 Å². The van der Waals surface area contributed by atoms with Crippen molar-refractivity contribution in [2.75, 3.05) is 7.11 Å². The molecule has 3 nitrogen and oxygen atoms in total. The second-order valence-electron chi connectivity index (χ2n) is 14.0. The van der Waals surface area contributed by atoms with Gasteiger partial charge in [0.2, 0.25) is 0 Å². The van der Waals surface area contributed by atoms with E-state index in [4.69, 9.17) is 4.74 Å². The van der Waals surface area contributed by atoms with Crippen LogP contribution in [0, 0.1) is 58.7 Å². The van der Waals surface area contributed by atoms with Crippen LogP contribution in [-0.4, -0.2) is 28.6 Å². The zero-order chi connectivity index (χ0) is 26.3. The topological polar surface area (TPSA) is 46.5 Å². The number of methoxy groups -OCH3 is 1. The van der Waals surface area contributed by atoms with Crippen molar-refractivity contribution in [2.45, 2.75) is 103 Å². The van der Waals surface area contributed by atoms with Gasteiger partial charge in [0.25, 0.3) is 0 Å². The molecule has 5 aliphatic carbocycles. The van der Waals surface area contributed by atoms with E-state index in [1.165, 1.54) is 51.4 Å². The Morgan fingerprint density at radius 1 is 1.11 bits per heavy atom. The molecule has 0 aromatic heterocycles. The van der Waals surface area contributed by atoms with E-state index in [2.05, 4.69) is 20.8 Å². The Labute approximate surface area is 227 Å². The molecule has 6 rings (SSSR count). The van der Waals surface area contributed by atoms with Gasteiger partial charge >= 0.3 is 0 Å². The van der Waals surface area contributed by atoms with E-state index in [-0.39, 0.29) is 11.3 Å². The molecule has 37 heavy (non-hydrogen) atoms. The van der Waals surface area contributed by atoms with E-state index >= 15 is 0 Å². The van der Waals surface area contributed by atoms with Gasteiger partial charge in [-0.2, -0.15) is 0 Å². The summed E-state index contributed by atoms with van der Waals surface area (Å²) < 4.78 is 19.8. The lowest BCUT2D eigenvalue weighted by Crippen LogP contribution is -2.57. The van der Waals surface area contributed by atoms with Crippen LogP contribution in [0.1, 0.15) is 84.6 Å². The first-order valence-corrected chi connectivity index (χ1v) is 16.1. The fourth-order valence-corrected chi connectivity index (χ4v) is 12.5. The van der Waals surface area contributed by atoms with Crippen molar-refractivity contribution < 1.29 is 14.1 Å². The first-order chi connectivity index (χ1) is 17.6. The Balaban J connectivity index is 1.24. The molecule has 0 amide bonds. The summed E-state index contributed by atoms with van der Waals surface area (Å²) in [7, 11) is 0.640. The molecule has 1 spiro atoms. The molecule has 5 fully saturated rings. The summed E-state index contributed by atoms with van der Waals surface area (Å²) in [6, 6.07) is 7.90. The minimum atomic E-state index is -1.33. The third kappa shape index (κ3) is 3.53. The number of hydrogen-bond acceptors (Lipinski definition) is 3. The lowest BCUT2D eigenvalue weighted by atomic mass is 9.45. The molecule has 1 aromatic carbocycles. The van der Waals surface area contributed by atoms with Crippen molar-refractivity contribution in [3.8, 4) is 0 Å². The fraction of sp³-hybridized carbons (Fsp3) is 0.758. The summed E-state index contributed by atoms with van der Waals surface area (Å²) in [5.74, 6) is 3.76. The van der Waals surface area contributed by atoms with Crippen LogP contribution in [-0.2, 0) is 15.5 Å². The highest BCUT2D eigenvalue weighted by atomic mass is 32.2. The number of aliphatic hydroxyl groups is 1. The summed E-state index contributed by atoms with van der Waals surface area (Å²) in [5, 5.41) is 11.7. The molecule has 1 aromatic rings. The first kappa shape index (κ1) is 26.3. The molecule has 1 N–H and O–H groups in total. The van der Waals surface area contributed by atoms with Crippen LogP contribution >= 0.6 is 0 Å². The molecule has 0 aliphatic heterocycles. The summed E-state index contributed by atoms with van der Waals surface area (Å²) in [4.78, 5) is 1.46. The number of ether oxygens (including phenoxy) is 1. The molecule has 4 heteroatoms. The van der Waals surface area contributed by atoms with Gasteiger partial charge in [-0.05, 0) is 124 Å². The molecular formula is C33H48O3S. The van der Waals surface area contributed by atoms with Gasteiger partial charge in [0.1, 0.15) is 0 Å². The Kier molecular flexibility index (Phi) is 6.41. The Bertz CT molecular complexity index is 1100. The summed E-state index contributed by atoms with van der Waals surface area (Å²) in [6.07, 6.45) is 12.2. The van der Waals surface area contributed by atoms with Gasteiger partial charge in [-0.15, -0.1) is 0 Å². The molecule has 204 valence electrons. The van der Waals surface area contributed by atoms with Crippen LogP contribution in [0.2, 0.25) is 0 Å². The number of aliphatic hydroxyl groups excluding tert-OH is 1. The maximum absolute atomic E-state index is 13.5. The lowest BCUT2D eigenvalue weighted by Gasteiger charge is -2.61. The second-order valence-corrected chi connectivity index (χ2v) is 15.5. The number of hydrogen-bond donors (Lipinski definition) is 1. The molecule has 0 unspecified atom stereocenters. The number of allylic oxidation sites excluding steroid dienone is 1. The fourth-order valence-electron chi connectivity index (χ4n) is 11.1. The standard InChI is InChI=1S/C33H48O3S/c1-7-28(37(35)23-10-8-20(2)9-11-23)30(34)21(3)25-12-13-26-24-18-29(36-6)33-19-22(33)14-17-32(33,5)27(24)15-16-31(25,26)4/h7-11,21-22,24-27,29-30,34H,12-19H2,1-6H3/b28-7+/t21-,22+,24-,25+,26-,27-,29+,30-,31+,32+,33-,37-/m0/s1. The van der Waals surface area contributed by atoms with Crippen molar-refractivity contribution >= 4 is 10.8 Å². The van der Waals surface area contributed by atoms with Gasteiger partial charge in [-0.3, -0.25) is 0 Å². The third-order valence-corrected chi connectivity index (χ3v) is 14.7. The highest BCUT2D eigenvalue weighted by Gasteiger charge is 2.77. The van der Waals surface area contributed by atoms with E-state index in [1.54, 1.807) is 0 Å². The number of aryl methyl sites for hydroxylation is 1. The maximum atomic E-state index is 13.5. The lowest BCUT2D eigenvalue weighted by molar-refractivity contribution is -0.162. The SMILES string of the molecule is C/C=C(\[C@@H](O)[C@@H](C)[C@H]1CC[C@H]2[C@@H]3C[C@@H](OC)[C@]45C[C@H]4CC[C@]5(C)[C@H]3CC[C@]12C)[S@@](=O)c1ccc(C)cc1. The number of benzene rings is 1. The van der Waals surface area contributed by atoms with E-state index in [9.17, 15) is 9.32 Å². The van der Waals surface area contributed by atoms with Gasteiger partial charge in [0.05, 0.1) is 23.0 Å². The molecule has 0 heterocycles. The largest absolute Gasteiger partial charge is 0.387 e. The number of fused-ring (bicyclic) bond motifs is 4. The van der Waals surface area contributed by atoms with E-state index in [1.807, 2.05) is 51.3 Å². The zero-order valence-corrected chi connectivity index (χ0v) is 24.7. The van der Waals surface area contributed by atoms with E-state index < -0.39 is 16.9 Å². The van der Waals surface area contributed by atoms with Crippen LogP contribution in [0.4, 0.5) is 0 Å². The highest BCUT2D eigenvalue weighted by Crippen LogP contribution is 2.82. The molecule has 5 aliphatic rings. The smallest absolute Gasteiger partial charge is 0.0902 e. The second kappa shape index (κ2) is 9.03. The summed E-state index contributed by atoms with van der Waals surface area (Å²) in [6.45, 7) is 11.4. The van der Waals surface area contributed by atoms with Crippen molar-refractivity contribution in [3.05, 3.63) is 40.8 Å². The minimum Gasteiger partial charge on any atom is -0.387 e. The van der Waals surface area contributed by atoms with Crippen molar-refractivity contribution in [1.29, 1.82) is 0 Å². The highest BCUT2D eigenvalue weighted by molar-refractivity contribution is 7.89. The van der Waals surface area contributed by atoms with Crippen LogP contribution in [0.15, 0.2) is 40.1 Å². The molecule has 0 saturated heterocycles. The van der Waals surface area contributed by atoms with Crippen LogP contribution in [0.25, 0.3) is 0 Å². The quantitative estimate of drug-likeness (QED) is 0.425. The Morgan fingerprint density at radius 3 is 2.49 bits per heavy atom. The van der Waals surface area contributed by atoms with Gasteiger partial charge in [-0.25, -0.2) is 4.21 Å². The predicted octanol–water partition coefficient (Wildman–Crippen LogP) is 7.29.